The molecule has 4 heteroatoms. The summed E-state index contributed by atoms with van der Waals surface area (Å²) in [6.45, 7) is 3.33. The maximum atomic E-state index is 12.5. The van der Waals surface area contributed by atoms with Crippen molar-refractivity contribution in [3.63, 3.8) is 0 Å². The fourth-order valence-corrected chi connectivity index (χ4v) is 3.33. The normalized spacial score (nSPS) is 16.8. The molecule has 0 bridgehead atoms. The number of unbranched alkanes of at least 4 members (excludes halogenated alkanes) is 5. The second-order valence-electron chi connectivity index (χ2n) is 6.84. The van der Waals surface area contributed by atoms with E-state index in [0.717, 1.165) is 31.2 Å². The molecule has 1 saturated heterocycles. The molecule has 0 radical (unpaired) electrons. The molecule has 1 amide bonds. The molecule has 1 aliphatic rings. The van der Waals surface area contributed by atoms with Crippen LogP contribution in [0.5, 0.6) is 0 Å². The first-order chi connectivity index (χ1) is 12.2. The van der Waals surface area contributed by atoms with Gasteiger partial charge in [-0.1, -0.05) is 69.4 Å². The third-order valence-electron chi connectivity index (χ3n) is 4.79. The largest absolute Gasteiger partial charge is 0.464 e. The van der Waals surface area contributed by atoms with E-state index in [2.05, 4.69) is 6.92 Å². The van der Waals surface area contributed by atoms with Crippen LogP contribution in [0.15, 0.2) is 30.3 Å². The highest BCUT2D eigenvalue weighted by molar-refractivity contribution is 5.86. The minimum atomic E-state index is -0.392. The fourth-order valence-electron chi connectivity index (χ4n) is 3.33. The lowest BCUT2D eigenvalue weighted by Gasteiger charge is -2.23. The SMILES string of the molecule is CCCCCCCCOC(=O)C1CCCN1C(=O)Cc1ccccc1. The summed E-state index contributed by atoms with van der Waals surface area (Å²) in [6, 6.07) is 9.29. The molecule has 1 aliphatic heterocycles. The van der Waals surface area contributed by atoms with Gasteiger partial charge in [-0.05, 0) is 24.8 Å². The van der Waals surface area contributed by atoms with Gasteiger partial charge in [0.05, 0.1) is 13.0 Å². The van der Waals surface area contributed by atoms with Crippen LogP contribution in [0.2, 0.25) is 0 Å². The Balaban J connectivity index is 1.72. The van der Waals surface area contributed by atoms with Gasteiger partial charge in [0.15, 0.2) is 0 Å². The molecule has 1 unspecified atom stereocenters. The van der Waals surface area contributed by atoms with Crippen molar-refractivity contribution in [2.24, 2.45) is 0 Å². The maximum absolute atomic E-state index is 12.5. The average Bonchev–Trinajstić information content (AvgIpc) is 3.11. The second kappa shape index (κ2) is 10.9. The Labute approximate surface area is 151 Å². The van der Waals surface area contributed by atoms with Crippen molar-refractivity contribution in [2.75, 3.05) is 13.2 Å². The van der Waals surface area contributed by atoms with Gasteiger partial charge in [-0.2, -0.15) is 0 Å². The lowest BCUT2D eigenvalue weighted by molar-refractivity contribution is -0.153. The van der Waals surface area contributed by atoms with Crippen LogP contribution in [-0.4, -0.2) is 36.0 Å². The van der Waals surface area contributed by atoms with E-state index >= 15 is 0 Å². The molecule has 1 atom stereocenters. The van der Waals surface area contributed by atoms with Crippen molar-refractivity contribution < 1.29 is 14.3 Å². The highest BCUT2D eigenvalue weighted by atomic mass is 16.5. The van der Waals surface area contributed by atoms with Crippen LogP contribution in [0.4, 0.5) is 0 Å². The van der Waals surface area contributed by atoms with Gasteiger partial charge in [0, 0.05) is 6.54 Å². The molecule has 138 valence electrons. The number of hydrogen-bond acceptors (Lipinski definition) is 3. The van der Waals surface area contributed by atoms with E-state index in [0.29, 0.717) is 19.6 Å². The highest BCUT2D eigenvalue weighted by Crippen LogP contribution is 2.20. The van der Waals surface area contributed by atoms with E-state index in [-0.39, 0.29) is 11.9 Å². The number of esters is 1. The van der Waals surface area contributed by atoms with Gasteiger partial charge in [0.1, 0.15) is 6.04 Å². The summed E-state index contributed by atoms with van der Waals surface area (Å²) in [5, 5.41) is 0. The van der Waals surface area contributed by atoms with Crippen LogP contribution in [-0.2, 0) is 20.7 Å². The van der Waals surface area contributed by atoms with Crippen LogP contribution < -0.4 is 0 Å². The smallest absolute Gasteiger partial charge is 0.328 e. The second-order valence-corrected chi connectivity index (χ2v) is 6.84. The van der Waals surface area contributed by atoms with E-state index in [9.17, 15) is 9.59 Å². The van der Waals surface area contributed by atoms with E-state index < -0.39 is 6.04 Å². The Bertz CT molecular complexity index is 529. The Morgan fingerprint density at radius 2 is 1.80 bits per heavy atom. The van der Waals surface area contributed by atoms with Gasteiger partial charge in [-0.15, -0.1) is 0 Å². The van der Waals surface area contributed by atoms with E-state index in [1.54, 1.807) is 4.90 Å². The van der Waals surface area contributed by atoms with Crippen LogP contribution in [0.1, 0.15) is 63.9 Å². The zero-order valence-electron chi connectivity index (χ0n) is 15.4. The lowest BCUT2D eigenvalue weighted by atomic mass is 10.1. The molecule has 4 nitrogen and oxygen atoms in total. The molecule has 0 saturated carbocycles. The first kappa shape index (κ1) is 19.5. The van der Waals surface area contributed by atoms with Gasteiger partial charge in [-0.3, -0.25) is 4.79 Å². The first-order valence-corrected chi connectivity index (χ1v) is 9.72. The number of hydrogen-bond donors (Lipinski definition) is 0. The summed E-state index contributed by atoms with van der Waals surface area (Å²) in [6.07, 6.45) is 8.94. The predicted molar refractivity (Wildman–Crippen MR) is 99.2 cm³/mol. The van der Waals surface area contributed by atoms with Crippen molar-refractivity contribution in [3.8, 4) is 0 Å². The molecule has 0 spiro atoms. The molecule has 1 aromatic carbocycles. The third kappa shape index (κ3) is 6.52. The van der Waals surface area contributed by atoms with Crippen molar-refractivity contribution >= 4 is 11.9 Å². The summed E-state index contributed by atoms with van der Waals surface area (Å²) in [5.41, 5.74) is 0.985. The molecule has 1 heterocycles. The van der Waals surface area contributed by atoms with Gasteiger partial charge in [0.25, 0.3) is 0 Å². The molecular weight excluding hydrogens is 314 g/mol. The van der Waals surface area contributed by atoms with Gasteiger partial charge in [-0.25, -0.2) is 4.79 Å². The molecule has 0 aromatic heterocycles. The Morgan fingerprint density at radius 3 is 2.56 bits per heavy atom. The number of benzene rings is 1. The minimum absolute atomic E-state index is 0.0187. The maximum Gasteiger partial charge on any atom is 0.328 e. The van der Waals surface area contributed by atoms with E-state index in [1.807, 2.05) is 30.3 Å². The number of likely N-dealkylation sites (tertiary alicyclic amines) is 1. The molecule has 1 fully saturated rings. The summed E-state index contributed by atoms with van der Waals surface area (Å²) < 4.78 is 5.43. The van der Waals surface area contributed by atoms with Gasteiger partial charge < -0.3 is 9.64 Å². The topological polar surface area (TPSA) is 46.6 Å². The van der Waals surface area contributed by atoms with Gasteiger partial charge >= 0.3 is 5.97 Å². The summed E-state index contributed by atoms with van der Waals surface area (Å²) >= 11 is 0. The molecule has 2 rings (SSSR count). The summed E-state index contributed by atoms with van der Waals surface area (Å²) in [5.74, 6) is -0.210. The average molecular weight is 345 g/mol. The number of carbonyl (C=O) groups excluding carboxylic acids is 2. The monoisotopic (exact) mass is 345 g/mol. The van der Waals surface area contributed by atoms with E-state index in [1.165, 1.54) is 25.7 Å². The number of amides is 1. The Morgan fingerprint density at radius 1 is 1.08 bits per heavy atom. The van der Waals surface area contributed by atoms with Crippen LogP contribution in [0, 0.1) is 0 Å². The zero-order chi connectivity index (χ0) is 17.9. The van der Waals surface area contributed by atoms with Crippen LogP contribution in [0.3, 0.4) is 0 Å². The molecule has 25 heavy (non-hydrogen) atoms. The van der Waals surface area contributed by atoms with Crippen molar-refractivity contribution in [3.05, 3.63) is 35.9 Å². The zero-order valence-corrected chi connectivity index (χ0v) is 15.4. The van der Waals surface area contributed by atoms with Crippen LogP contribution >= 0.6 is 0 Å². The summed E-state index contributed by atoms with van der Waals surface area (Å²) in [4.78, 5) is 26.6. The quantitative estimate of drug-likeness (QED) is 0.473. The van der Waals surface area contributed by atoms with Crippen molar-refractivity contribution in [1.29, 1.82) is 0 Å². The first-order valence-electron chi connectivity index (χ1n) is 9.72. The number of ether oxygens (including phenoxy) is 1. The number of rotatable bonds is 10. The standard InChI is InChI=1S/C21H31NO3/c1-2-3-4-5-6-10-16-25-21(24)19-14-11-15-22(19)20(23)17-18-12-8-7-9-13-18/h7-9,12-13,19H,2-6,10-11,14-17H2,1H3. The molecule has 0 aliphatic carbocycles. The lowest BCUT2D eigenvalue weighted by Crippen LogP contribution is -2.42. The molecular formula is C21H31NO3. The highest BCUT2D eigenvalue weighted by Gasteiger charge is 2.34. The predicted octanol–water partition coefficient (Wildman–Crippen LogP) is 4.12. The summed E-state index contributed by atoms with van der Waals surface area (Å²) in [7, 11) is 0. The van der Waals surface area contributed by atoms with Crippen LogP contribution in [0.25, 0.3) is 0 Å². The van der Waals surface area contributed by atoms with Gasteiger partial charge in [0.2, 0.25) is 5.91 Å². The fraction of sp³-hybridized carbons (Fsp3) is 0.619. The minimum Gasteiger partial charge on any atom is -0.464 e. The van der Waals surface area contributed by atoms with Crippen molar-refractivity contribution in [2.45, 2.75) is 70.8 Å². The molecule has 0 N–H and O–H groups in total. The van der Waals surface area contributed by atoms with E-state index in [4.69, 9.17) is 4.74 Å². The number of carbonyl (C=O) groups is 2. The third-order valence-corrected chi connectivity index (χ3v) is 4.79. The Hall–Kier alpha value is -1.84. The number of nitrogens with zero attached hydrogens (tertiary/aromatic N) is 1. The Kier molecular flexibility index (Phi) is 8.50. The molecule has 1 aromatic rings. The van der Waals surface area contributed by atoms with Crippen molar-refractivity contribution in [1.82, 2.24) is 4.90 Å².